The van der Waals surface area contributed by atoms with E-state index < -0.39 is 5.97 Å². The lowest BCUT2D eigenvalue weighted by molar-refractivity contribution is 0.0600. The number of carbonyl (C=O) groups excluding carboxylic acids is 1. The molecule has 7 nitrogen and oxygen atoms in total. The number of benzene rings is 3. The fourth-order valence-electron chi connectivity index (χ4n) is 4.60. The van der Waals surface area contributed by atoms with Gasteiger partial charge in [0.25, 0.3) is 0 Å². The van der Waals surface area contributed by atoms with Crippen molar-refractivity contribution in [2.24, 2.45) is 0 Å². The molecule has 0 aliphatic carbocycles. The molecule has 1 atom stereocenters. The van der Waals surface area contributed by atoms with E-state index in [0.717, 1.165) is 5.56 Å². The number of nitrogens with zero attached hydrogens (tertiary/aromatic N) is 2. The first-order valence-corrected chi connectivity index (χ1v) is 11.1. The van der Waals surface area contributed by atoms with E-state index >= 15 is 0 Å². The molecule has 2 aliphatic rings. The second-order valence-corrected chi connectivity index (χ2v) is 8.25. The number of piperazine rings is 1. The number of rotatable bonds is 5. The zero-order chi connectivity index (χ0) is 23.7. The fraction of sp³-hybridized carbons (Fsp3) is 0.269. The van der Waals surface area contributed by atoms with Gasteiger partial charge in [-0.05, 0) is 35.9 Å². The molecule has 2 heterocycles. The number of methoxy groups -OCH3 is 1. The van der Waals surface area contributed by atoms with Crippen LogP contribution in [-0.4, -0.2) is 56.1 Å². The molecule has 34 heavy (non-hydrogen) atoms. The van der Waals surface area contributed by atoms with Gasteiger partial charge in [-0.15, -0.1) is 0 Å². The van der Waals surface area contributed by atoms with Gasteiger partial charge in [-0.2, -0.15) is 0 Å². The van der Waals surface area contributed by atoms with Gasteiger partial charge in [-0.25, -0.2) is 9.18 Å². The van der Waals surface area contributed by atoms with Gasteiger partial charge in [0, 0.05) is 37.8 Å². The van der Waals surface area contributed by atoms with Gasteiger partial charge in [0.1, 0.15) is 11.6 Å². The quantitative estimate of drug-likeness (QED) is 0.573. The van der Waals surface area contributed by atoms with Crippen molar-refractivity contribution in [3.8, 4) is 17.2 Å². The second-order valence-electron chi connectivity index (χ2n) is 8.25. The van der Waals surface area contributed by atoms with E-state index in [2.05, 4.69) is 4.90 Å². The summed E-state index contributed by atoms with van der Waals surface area (Å²) in [5.41, 5.74) is 2.62. The van der Waals surface area contributed by atoms with Crippen molar-refractivity contribution < 1.29 is 28.5 Å². The number of fused-ring (bicyclic) bond motifs is 1. The highest BCUT2D eigenvalue weighted by Gasteiger charge is 2.31. The van der Waals surface area contributed by atoms with Crippen LogP contribution in [0.5, 0.6) is 17.2 Å². The summed E-state index contributed by atoms with van der Waals surface area (Å²) in [5, 5.41) is 10.9. The Kier molecular flexibility index (Phi) is 5.98. The van der Waals surface area contributed by atoms with E-state index in [9.17, 15) is 14.3 Å². The van der Waals surface area contributed by atoms with E-state index in [1.807, 2.05) is 23.1 Å². The summed E-state index contributed by atoms with van der Waals surface area (Å²) in [6.45, 7) is 2.65. The van der Waals surface area contributed by atoms with Crippen molar-refractivity contribution in [2.75, 3.05) is 45.0 Å². The lowest BCUT2D eigenvalue weighted by Crippen LogP contribution is -2.48. The average molecular weight is 464 g/mol. The molecule has 8 heteroatoms. The molecule has 0 unspecified atom stereocenters. The van der Waals surface area contributed by atoms with Gasteiger partial charge in [0.2, 0.25) is 6.79 Å². The molecule has 0 bridgehead atoms. The van der Waals surface area contributed by atoms with E-state index in [4.69, 9.17) is 14.2 Å². The zero-order valence-corrected chi connectivity index (χ0v) is 18.7. The third-order valence-electron chi connectivity index (χ3n) is 6.34. The number of carbonyl (C=O) groups is 1. The van der Waals surface area contributed by atoms with Crippen LogP contribution in [0.3, 0.4) is 0 Å². The van der Waals surface area contributed by atoms with Gasteiger partial charge in [-0.1, -0.05) is 24.3 Å². The first kappa shape index (κ1) is 22.0. The summed E-state index contributed by atoms with van der Waals surface area (Å²) >= 11 is 0. The SMILES string of the molecule is COC(=O)c1ccc([C@@H](c2cc3c(cc2O)OCO3)N2CCN(c3ccccc3F)CC2)cc1. The van der Waals surface area contributed by atoms with Crippen LogP contribution in [0.4, 0.5) is 10.1 Å². The molecular formula is C26H25FN2O5. The number of para-hydroxylation sites is 1. The van der Waals surface area contributed by atoms with E-state index in [1.54, 1.807) is 36.4 Å². The van der Waals surface area contributed by atoms with Crippen molar-refractivity contribution >= 4 is 11.7 Å². The fourth-order valence-corrected chi connectivity index (χ4v) is 4.60. The van der Waals surface area contributed by atoms with Gasteiger partial charge >= 0.3 is 5.97 Å². The molecule has 0 aromatic heterocycles. The van der Waals surface area contributed by atoms with Gasteiger partial charge in [0.15, 0.2) is 11.5 Å². The van der Waals surface area contributed by atoms with Crippen LogP contribution in [-0.2, 0) is 4.74 Å². The van der Waals surface area contributed by atoms with Crippen molar-refractivity contribution in [1.29, 1.82) is 0 Å². The molecule has 3 aromatic carbocycles. The molecule has 1 fully saturated rings. The summed E-state index contributed by atoms with van der Waals surface area (Å²) in [6.07, 6.45) is 0. The lowest BCUT2D eigenvalue weighted by Gasteiger charge is -2.40. The van der Waals surface area contributed by atoms with Crippen LogP contribution in [0, 0.1) is 5.82 Å². The number of hydrogen-bond acceptors (Lipinski definition) is 7. The minimum absolute atomic E-state index is 0.0998. The average Bonchev–Trinajstić information content (AvgIpc) is 3.32. The number of esters is 1. The van der Waals surface area contributed by atoms with Crippen LogP contribution in [0.25, 0.3) is 0 Å². The first-order valence-electron chi connectivity index (χ1n) is 11.1. The highest BCUT2D eigenvalue weighted by Crippen LogP contribution is 2.43. The van der Waals surface area contributed by atoms with Gasteiger partial charge in [-0.3, -0.25) is 4.90 Å². The predicted molar refractivity (Wildman–Crippen MR) is 124 cm³/mol. The molecule has 5 rings (SSSR count). The molecule has 176 valence electrons. The second kappa shape index (κ2) is 9.23. The van der Waals surface area contributed by atoms with Crippen LogP contribution in [0.1, 0.15) is 27.5 Å². The summed E-state index contributed by atoms with van der Waals surface area (Å²) in [6, 6.07) is 17.0. The zero-order valence-electron chi connectivity index (χ0n) is 18.7. The van der Waals surface area contributed by atoms with E-state index in [-0.39, 0.29) is 24.4 Å². The summed E-state index contributed by atoms with van der Waals surface area (Å²) in [4.78, 5) is 16.2. The Labute approximate surface area is 196 Å². The number of hydrogen-bond donors (Lipinski definition) is 1. The first-order chi connectivity index (χ1) is 16.5. The maximum absolute atomic E-state index is 14.3. The van der Waals surface area contributed by atoms with Gasteiger partial charge < -0.3 is 24.2 Å². The Hall–Kier alpha value is -3.78. The molecule has 3 aromatic rings. The Morgan fingerprint density at radius 2 is 1.68 bits per heavy atom. The standard InChI is InChI=1S/C26H25FN2O5/c1-32-26(31)18-8-6-17(7-9-18)25(19-14-23-24(15-22(19)30)34-16-33-23)29-12-10-28(11-13-29)21-5-3-2-4-20(21)27/h2-9,14-15,25,30H,10-13,16H2,1H3/t25-/m0/s1. The number of halogens is 1. The Morgan fingerprint density at radius 3 is 2.35 bits per heavy atom. The Bertz CT molecular complexity index is 1190. The molecule has 1 saturated heterocycles. The third kappa shape index (κ3) is 4.12. The minimum atomic E-state index is -0.410. The number of ether oxygens (including phenoxy) is 3. The monoisotopic (exact) mass is 464 g/mol. The van der Waals surface area contributed by atoms with Crippen molar-refractivity contribution in [3.05, 3.63) is 83.2 Å². The van der Waals surface area contributed by atoms with Gasteiger partial charge in [0.05, 0.1) is 24.4 Å². The van der Waals surface area contributed by atoms with E-state index in [0.29, 0.717) is 54.5 Å². The minimum Gasteiger partial charge on any atom is -0.507 e. The maximum atomic E-state index is 14.3. The van der Waals surface area contributed by atoms with Crippen LogP contribution >= 0.6 is 0 Å². The third-order valence-corrected chi connectivity index (χ3v) is 6.34. The number of aromatic hydroxyl groups is 1. The van der Waals surface area contributed by atoms with Crippen molar-refractivity contribution in [2.45, 2.75) is 6.04 Å². The number of phenolic OH excluding ortho intramolecular Hbond substituents is 1. The smallest absolute Gasteiger partial charge is 0.337 e. The van der Waals surface area contributed by atoms with Crippen LogP contribution in [0.15, 0.2) is 60.7 Å². The van der Waals surface area contributed by atoms with Crippen molar-refractivity contribution in [1.82, 2.24) is 4.90 Å². The molecule has 0 amide bonds. The molecular weight excluding hydrogens is 439 g/mol. The number of anilines is 1. The highest BCUT2D eigenvalue weighted by atomic mass is 19.1. The lowest BCUT2D eigenvalue weighted by atomic mass is 9.94. The van der Waals surface area contributed by atoms with Crippen molar-refractivity contribution in [3.63, 3.8) is 0 Å². The molecule has 0 spiro atoms. The Morgan fingerprint density at radius 1 is 1.00 bits per heavy atom. The van der Waals surface area contributed by atoms with Crippen LogP contribution in [0.2, 0.25) is 0 Å². The van der Waals surface area contributed by atoms with Crippen LogP contribution < -0.4 is 14.4 Å². The molecule has 0 saturated carbocycles. The topological polar surface area (TPSA) is 71.5 Å². The number of phenols is 1. The Balaban J connectivity index is 1.47. The molecule has 1 N–H and O–H groups in total. The summed E-state index contributed by atoms with van der Waals surface area (Å²) < 4.78 is 30.1. The highest BCUT2D eigenvalue weighted by molar-refractivity contribution is 5.89. The molecule has 0 radical (unpaired) electrons. The molecule has 2 aliphatic heterocycles. The maximum Gasteiger partial charge on any atom is 0.337 e. The predicted octanol–water partition coefficient (Wildman–Crippen LogP) is 3.96. The summed E-state index contributed by atoms with van der Waals surface area (Å²) in [7, 11) is 1.35. The van der Waals surface area contributed by atoms with E-state index in [1.165, 1.54) is 13.2 Å². The largest absolute Gasteiger partial charge is 0.507 e. The normalized spacial score (nSPS) is 16.4. The summed E-state index contributed by atoms with van der Waals surface area (Å²) in [5.74, 6) is 0.536.